The van der Waals surface area contributed by atoms with Gasteiger partial charge in [-0.15, -0.1) is 0 Å². The van der Waals surface area contributed by atoms with Gasteiger partial charge in [-0.1, -0.05) is 6.07 Å². The molecule has 194 valence electrons. The maximum atomic E-state index is 13.6. The summed E-state index contributed by atoms with van der Waals surface area (Å²) < 4.78 is 70.8. The van der Waals surface area contributed by atoms with Gasteiger partial charge in [-0.3, -0.25) is 4.98 Å². The van der Waals surface area contributed by atoms with Gasteiger partial charge in [0.15, 0.2) is 11.6 Å². The van der Waals surface area contributed by atoms with Gasteiger partial charge in [0.25, 0.3) is 0 Å². The molecule has 2 unspecified atom stereocenters. The van der Waals surface area contributed by atoms with Gasteiger partial charge in [0.05, 0.1) is 17.3 Å². The Kier molecular flexibility index (Phi) is 7.69. The van der Waals surface area contributed by atoms with Crippen LogP contribution in [0.4, 0.5) is 31.5 Å². The smallest absolute Gasteiger partial charge is 0.418 e. The molecule has 0 saturated carbocycles. The molecule has 3 amide bonds. The number of amides is 3. The van der Waals surface area contributed by atoms with Gasteiger partial charge in [-0.25, -0.2) is 23.3 Å². The molecule has 0 spiro atoms. The molecular weight excluding hydrogens is 489 g/mol. The fourth-order valence-electron chi connectivity index (χ4n) is 4.29. The van der Waals surface area contributed by atoms with Crippen molar-refractivity contribution in [3.8, 4) is 0 Å². The lowest BCUT2D eigenvalue weighted by Gasteiger charge is -2.31. The summed E-state index contributed by atoms with van der Waals surface area (Å²) in [6.45, 7) is 0.860. The van der Waals surface area contributed by atoms with Crippen molar-refractivity contribution in [3.05, 3.63) is 65.0 Å². The van der Waals surface area contributed by atoms with E-state index in [2.05, 4.69) is 20.9 Å². The zero-order chi connectivity index (χ0) is 25.9. The molecule has 2 aliphatic rings. The van der Waals surface area contributed by atoms with Gasteiger partial charge >= 0.3 is 18.3 Å². The Hall–Kier alpha value is -3.32. The standard InChI is InChI=1S/C23H24F5N5O3/c24-16-2-1-13(9-17(16)25)20-12-36-22(35)33(20)21(34)32-8-7-29-15-4-6-31-19(11-15)18-10-14(3-5-30-18)23(26,27)28/h1-3,5,9-10,15,19-20,29,31H,4,6-8,11-12H2,(H,32,34)/t15?,19?,20-/m1/s1. The molecule has 0 bridgehead atoms. The van der Waals surface area contributed by atoms with Crippen molar-refractivity contribution in [2.75, 3.05) is 26.2 Å². The van der Waals surface area contributed by atoms with Crippen molar-refractivity contribution < 1.29 is 36.3 Å². The molecule has 2 aromatic rings. The Morgan fingerprint density at radius 2 is 1.97 bits per heavy atom. The van der Waals surface area contributed by atoms with E-state index in [0.717, 1.165) is 41.8 Å². The molecule has 2 aliphatic heterocycles. The normalized spacial score (nSPS) is 22.4. The molecule has 0 aliphatic carbocycles. The van der Waals surface area contributed by atoms with Crippen LogP contribution in [0.15, 0.2) is 36.5 Å². The van der Waals surface area contributed by atoms with Crippen LogP contribution in [0.2, 0.25) is 0 Å². The summed E-state index contributed by atoms with van der Waals surface area (Å²) in [6.07, 6.45) is -2.99. The van der Waals surface area contributed by atoms with Crippen LogP contribution >= 0.6 is 0 Å². The number of rotatable bonds is 6. The molecule has 13 heteroatoms. The SMILES string of the molecule is O=C(NCCNC1CCNC(c2cc(C(F)(F)F)ccn2)C1)N1C(=O)OC[C@@H]1c1ccc(F)c(F)c1. The second-order valence-corrected chi connectivity index (χ2v) is 8.52. The van der Waals surface area contributed by atoms with Crippen molar-refractivity contribution in [3.63, 3.8) is 0 Å². The largest absolute Gasteiger partial charge is 0.446 e. The number of nitrogens with zero attached hydrogens (tertiary/aromatic N) is 2. The van der Waals surface area contributed by atoms with Crippen LogP contribution in [0.5, 0.6) is 0 Å². The molecular formula is C23H24F5N5O3. The quantitative estimate of drug-likeness (QED) is 0.403. The van der Waals surface area contributed by atoms with Crippen LogP contribution in [0, 0.1) is 11.6 Å². The number of halogens is 5. The first-order valence-corrected chi connectivity index (χ1v) is 11.3. The monoisotopic (exact) mass is 513 g/mol. The van der Waals surface area contributed by atoms with Gasteiger partial charge in [-0.05, 0) is 49.2 Å². The summed E-state index contributed by atoms with van der Waals surface area (Å²) in [5.74, 6) is -2.15. The number of hydrogen-bond donors (Lipinski definition) is 3. The molecule has 2 saturated heterocycles. The predicted molar refractivity (Wildman–Crippen MR) is 117 cm³/mol. The molecule has 2 fully saturated rings. The number of hydrogen-bond acceptors (Lipinski definition) is 6. The minimum atomic E-state index is -4.45. The average Bonchev–Trinajstić information content (AvgIpc) is 3.24. The fraction of sp³-hybridized carbons (Fsp3) is 0.435. The summed E-state index contributed by atoms with van der Waals surface area (Å²) in [5.41, 5.74) is -0.230. The van der Waals surface area contributed by atoms with Gasteiger partial charge in [0, 0.05) is 25.3 Å². The van der Waals surface area contributed by atoms with E-state index in [-0.39, 0.29) is 30.8 Å². The zero-order valence-corrected chi connectivity index (χ0v) is 18.9. The van der Waals surface area contributed by atoms with E-state index < -0.39 is 41.5 Å². The molecule has 1 aromatic carbocycles. The summed E-state index contributed by atoms with van der Waals surface area (Å²) in [5, 5.41) is 9.01. The highest BCUT2D eigenvalue weighted by Gasteiger charge is 2.39. The van der Waals surface area contributed by atoms with E-state index in [9.17, 15) is 31.5 Å². The second-order valence-electron chi connectivity index (χ2n) is 8.52. The van der Waals surface area contributed by atoms with Crippen molar-refractivity contribution in [2.45, 2.75) is 37.1 Å². The lowest BCUT2D eigenvalue weighted by atomic mass is 9.96. The summed E-state index contributed by atoms with van der Waals surface area (Å²) in [4.78, 5) is 29.6. The van der Waals surface area contributed by atoms with Crippen LogP contribution in [-0.2, 0) is 10.9 Å². The highest BCUT2D eigenvalue weighted by atomic mass is 19.4. The Morgan fingerprint density at radius 1 is 1.17 bits per heavy atom. The maximum absolute atomic E-state index is 13.6. The number of carbonyl (C=O) groups excluding carboxylic acids is 2. The lowest BCUT2D eigenvalue weighted by Crippen LogP contribution is -2.47. The second kappa shape index (κ2) is 10.7. The number of carbonyl (C=O) groups is 2. The number of nitrogens with one attached hydrogen (secondary N) is 3. The van der Waals surface area contributed by atoms with Gasteiger partial charge < -0.3 is 20.7 Å². The Bertz CT molecular complexity index is 1120. The van der Waals surface area contributed by atoms with E-state index in [1.54, 1.807) is 0 Å². The minimum Gasteiger partial charge on any atom is -0.446 e. The fourth-order valence-corrected chi connectivity index (χ4v) is 4.29. The zero-order valence-electron chi connectivity index (χ0n) is 18.9. The molecule has 4 rings (SSSR count). The van der Waals surface area contributed by atoms with Gasteiger partial charge in [0.1, 0.15) is 12.6 Å². The molecule has 0 radical (unpaired) electrons. The third-order valence-corrected chi connectivity index (χ3v) is 6.12. The van der Waals surface area contributed by atoms with Gasteiger partial charge in [0.2, 0.25) is 0 Å². The number of piperidine rings is 1. The summed E-state index contributed by atoms with van der Waals surface area (Å²) >= 11 is 0. The van der Waals surface area contributed by atoms with Crippen molar-refractivity contribution in [2.24, 2.45) is 0 Å². The molecule has 1 aromatic heterocycles. The Balaban J connectivity index is 1.28. The highest BCUT2D eigenvalue weighted by Crippen LogP contribution is 2.32. The number of benzene rings is 1. The van der Waals surface area contributed by atoms with Crippen LogP contribution in [0.3, 0.4) is 0 Å². The molecule has 8 nitrogen and oxygen atoms in total. The topological polar surface area (TPSA) is 95.6 Å². The maximum Gasteiger partial charge on any atom is 0.418 e. The van der Waals surface area contributed by atoms with Crippen molar-refractivity contribution >= 4 is 12.1 Å². The van der Waals surface area contributed by atoms with Crippen molar-refractivity contribution in [1.29, 1.82) is 0 Å². The lowest BCUT2D eigenvalue weighted by molar-refractivity contribution is -0.137. The van der Waals surface area contributed by atoms with Crippen LogP contribution in [0.25, 0.3) is 0 Å². The third-order valence-electron chi connectivity index (χ3n) is 6.12. The van der Waals surface area contributed by atoms with E-state index in [1.807, 2.05) is 0 Å². The van der Waals surface area contributed by atoms with E-state index >= 15 is 0 Å². The average molecular weight is 513 g/mol. The van der Waals surface area contributed by atoms with Gasteiger partial charge in [-0.2, -0.15) is 13.2 Å². The number of cyclic esters (lactones) is 1. The molecule has 3 atom stereocenters. The first-order valence-electron chi connectivity index (χ1n) is 11.3. The number of imide groups is 1. The number of urea groups is 1. The van der Waals surface area contributed by atoms with E-state index in [1.165, 1.54) is 6.07 Å². The number of pyridine rings is 1. The molecule has 36 heavy (non-hydrogen) atoms. The first kappa shape index (κ1) is 25.8. The Labute approximate surface area is 203 Å². The molecule has 3 heterocycles. The number of ether oxygens (including phenoxy) is 1. The minimum absolute atomic E-state index is 0.0313. The first-order chi connectivity index (χ1) is 17.1. The van der Waals surface area contributed by atoms with Crippen LogP contribution in [0.1, 0.15) is 41.7 Å². The Morgan fingerprint density at radius 3 is 2.72 bits per heavy atom. The van der Waals surface area contributed by atoms with E-state index in [4.69, 9.17) is 4.74 Å². The molecule has 3 N–H and O–H groups in total. The van der Waals surface area contributed by atoms with Crippen LogP contribution in [-0.4, -0.2) is 54.3 Å². The van der Waals surface area contributed by atoms with Crippen LogP contribution < -0.4 is 16.0 Å². The highest BCUT2D eigenvalue weighted by molar-refractivity contribution is 5.92. The third kappa shape index (κ3) is 5.90. The number of alkyl halides is 3. The van der Waals surface area contributed by atoms with Crippen molar-refractivity contribution in [1.82, 2.24) is 25.8 Å². The number of aromatic nitrogens is 1. The van der Waals surface area contributed by atoms with E-state index in [0.29, 0.717) is 25.2 Å². The summed E-state index contributed by atoms with van der Waals surface area (Å²) in [6, 6.07) is 3.04. The summed E-state index contributed by atoms with van der Waals surface area (Å²) in [7, 11) is 0. The predicted octanol–water partition coefficient (Wildman–Crippen LogP) is 3.66.